The number of nitrogens with zero attached hydrogens (tertiary/aromatic N) is 3. The number of amides is 2. The van der Waals surface area contributed by atoms with E-state index in [2.05, 4.69) is 35.8 Å². The summed E-state index contributed by atoms with van der Waals surface area (Å²) in [6.45, 7) is 8.26. The van der Waals surface area contributed by atoms with E-state index in [0.717, 1.165) is 38.8 Å². The molecule has 0 aliphatic carbocycles. The Balaban J connectivity index is 1.47. The van der Waals surface area contributed by atoms with E-state index in [4.69, 9.17) is 5.10 Å². The van der Waals surface area contributed by atoms with Crippen molar-refractivity contribution in [2.24, 2.45) is 4.36 Å². The Morgan fingerprint density at radius 3 is 2.27 bits per heavy atom. The summed E-state index contributed by atoms with van der Waals surface area (Å²) in [5, 5.41) is 12.5. The maximum absolute atomic E-state index is 13.3. The van der Waals surface area contributed by atoms with Crippen LogP contribution in [0.15, 0.2) is 95.4 Å². The summed E-state index contributed by atoms with van der Waals surface area (Å²) in [7, 11) is -2.54. The summed E-state index contributed by atoms with van der Waals surface area (Å²) < 4.78 is 27.5. The number of urea groups is 1. The number of rotatable bonds is 5. The largest absolute Gasteiger partial charge is 0.324 e. The molecule has 0 spiro atoms. The molecule has 0 aliphatic rings. The second-order valence-electron chi connectivity index (χ2n) is 10.6. The number of hydrogen-bond donors (Lipinski definition) is 2. The first kappa shape index (κ1) is 26.8. The van der Waals surface area contributed by atoms with Crippen molar-refractivity contribution in [3.63, 3.8) is 0 Å². The summed E-state index contributed by atoms with van der Waals surface area (Å²) in [4.78, 5) is 13.3. The number of benzene rings is 4. The van der Waals surface area contributed by atoms with Crippen LogP contribution < -0.4 is 10.6 Å². The lowest BCUT2D eigenvalue weighted by atomic mass is 9.92. The molecule has 0 unspecified atom stereocenters. The molecule has 0 saturated heterocycles. The Morgan fingerprint density at radius 1 is 0.850 bits per heavy atom. The molecule has 9 heteroatoms. The number of nitrogens with one attached hydrogen (secondary N) is 2. The van der Waals surface area contributed by atoms with Gasteiger partial charge in [-0.1, -0.05) is 80.9 Å². The molecule has 5 rings (SSSR count). The van der Waals surface area contributed by atoms with Crippen LogP contribution in [0.5, 0.6) is 0 Å². The Hall–Kier alpha value is -4.76. The van der Waals surface area contributed by atoms with Gasteiger partial charge in [-0.2, -0.15) is 13.5 Å². The summed E-state index contributed by atoms with van der Waals surface area (Å²) in [6, 6.07) is 27.9. The van der Waals surface area contributed by atoms with Crippen LogP contribution >= 0.6 is 0 Å². The van der Waals surface area contributed by atoms with Gasteiger partial charge in [-0.05, 0) is 53.8 Å². The van der Waals surface area contributed by atoms with E-state index >= 15 is 0 Å². The SMILES string of the molecule is Cc1ccc(-n2nc(C(C)(C)C)cc2NC(=O)Nc2ccc(-c3cccc(N=S(=O)=O)c3)c3ccccc23)cc1. The molecular weight excluding hydrogens is 522 g/mol. The van der Waals surface area contributed by atoms with Crippen LogP contribution in [0.1, 0.15) is 32.0 Å². The van der Waals surface area contributed by atoms with Crippen LogP contribution in [0.25, 0.3) is 27.6 Å². The average Bonchev–Trinajstić information content (AvgIpc) is 3.33. The van der Waals surface area contributed by atoms with Crippen LogP contribution in [-0.4, -0.2) is 24.2 Å². The highest BCUT2D eigenvalue weighted by atomic mass is 32.2. The number of hydrogen-bond acceptors (Lipinski definition) is 5. The van der Waals surface area contributed by atoms with E-state index in [-0.39, 0.29) is 5.41 Å². The monoisotopic (exact) mass is 551 g/mol. The Labute approximate surface area is 234 Å². The van der Waals surface area contributed by atoms with E-state index in [9.17, 15) is 13.2 Å². The van der Waals surface area contributed by atoms with Crippen molar-refractivity contribution in [2.45, 2.75) is 33.1 Å². The molecule has 0 radical (unpaired) electrons. The van der Waals surface area contributed by atoms with E-state index in [0.29, 0.717) is 17.2 Å². The maximum atomic E-state index is 13.3. The third-order valence-corrected chi connectivity index (χ3v) is 6.87. The van der Waals surface area contributed by atoms with Gasteiger partial charge in [-0.3, -0.25) is 5.32 Å². The maximum Gasteiger partial charge on any atom is 0.324 e. The summed E-state index contributed by atoms with van der Waals surface area (Å²) in [5.41, 5.74) is 5.32. The topological polar surface area (TPSA) is 105 Å². The molecular formula is C31H29N5O3S. The minimum Gasteiger partial charge on any atom is -0.307 e. The van der Waals surface area contributed by atoms with Crippen molar-refractivity contribution in [1.29, 1.82) is 0 Å². The zero-order chi connectivity index (χ0) is 28.4. The van der Waals surface area contributed by atoms with E-state index in [1.165, 1.54) is 0 Å². The summed E-state index contributed by atoms with van der Waals surface area (Å²) in [5.74, 6) is 0.559. The van der Waals surface area contributed by atoms with Crippen molar-refractivity contribution in [3.05, 3.63) is 102 Å². The zero-order valence-electron chi connectivity index (χ0n) is 22.6. The van der Waals surface area contributed by atoms with Gasteiger partial charge in [0.2, 0.25) is 0 Å². The lowest BCUT2D eigenvalue weighted by Crippen LogP contribution is -2.21. The third kappa shape index (κ3) is 5.79. The van der Waals surface area contributed by atoms with Gasteiger partial charge in [-0.15, -0.1) is 4.36 Å². The number of fused-ring (bicyclic) bond motifs is 1. The number of aromatic nitrogens is 2. The fourth-order valence-electron chi connectivity index (χ4n) is 4.47. The Bertz CT molecular complexity index is 1860. The van der Waals surface area contributed by atoms with Crippen molar-refractivity contribution in [3.8, 4) is 16.8 Å². The van der Waals surface area contributed by atoms with Crippen molar-refractivity contribution in [2.75, 3.05) is 10.6 Å². The minimum absolute atomic E-state index is 0.206. The highest BCUT2D eigenvalue weighted by Crippen LogP contribution is 2.35. The zero-order valence-corrected chi connectivity index (χ0v) is 23.5. The molecule has 0 bridgehead atoms. The number of carbonyl (C=O) groups excluding carboxylic acids is 1. The Kier molecular flexibility index (Phi) is 7.23. The molecule has 0 fully saturated rings. The molecule has 0 saturated carbocycles. The quantitative estimate of drug-likeness (QED) is 0.234. The molecule has 1 heterocycles. The van der Waals surface area contributed by atoms with Crippen LogP contribution in [-0.2, 0) is 15.9 Å². The first-order valence-electron chi connectivity index (χ1n) is 12.8. The molecule has 0 aliphatic heterocycles. The fraction of sp³-hybridized carbons (Fsp3) is 0.161. The molecule has 40 heavy (non-hydrogen) atoms. The second-order valence-corrected chi connectivity index (χ2v) is 11.2. The van der Waals surface area contributed by atoms with E-state index in [1.807, 2.05) is 79.7 Å². The predicted octanol–water partition coefficient (Wildman–Crippen LogP) is 7.64. The first-order chi connectivity index (χ1) is 19.1. The van der Waals surface area contributed by atoms with Crippen LogP contribution in [0.2, 0.25) is 0 Å². The minimum atomic E-state index is -2.54. The number of anilines is 2. The predicted molar refractivity (Wildman–Crippen MR) is 160 cm³/mol. The number of carbonyl (C=O) groups is 1. The normalized spacial score (nSPS) is 11.3. The molecule has 1 aromatic heterocycles. The summed E-state index contributed by atoms with van der Waals surface area (Å²) in [6.07, 6.45) is 0. The van der Waals surface area contributed by atoms with Crippen LogP contribution in [0, 0.1) is 6.92 Å². The summed E-state index contributed by atoms with van der Waals surface area (Å²) >= 11 is 0. The molecule has 5 aromatic rings. The van der Waals surface area contributed by atoms with Gasteiger partial charge in [-0.25, -0.2) is 9.48 Å². The first-order valence-corrected chi connectivity index (χ1v) is 13.8. The van der Waals surface area contributed by atoms with Gasteiger partial charge in [0.25, 0.3) is 0 Å². The van der Waals surface area contributed by atoms with Gasteiger partial charge < -0.3 is 5.32 Å². The van der Waals surface area contributed by atoms with E-state index < -0.39 is 16.5 Å². The van der Waals surface area contributed by atoms with E-state index in [1.54, 1.807) is 22.9 Å². The van der Waals surface area contributed by atoms with Gasteiger partial charge in [0.1, 0.15) is 5.82 Å². The van der Waals surface area contributed by atoms with Gasteiger partial charge in [0.15, 0.2) is 0 Å². The lowest BCUT2D eigenvalue weighted by molar-refractivity contribution is 0.262. The lowest BCUT2D eigenvalue weighted by Gasteiger charge is -2.14. The van der Waals surface area contributed by atoms with Gasteiger partial charge in [0.05, 0.1) is 22.8 Å². The smallest absolute Gasteiger partial charge is 0.307 e. The third-order valence-electron chi connectivity index (χ3n) is 6.51. The molecule has 2 amide bonds. The molecule has 8 nitrogen and oxygen atoms in total. The van der Waals surface area contributed by atoms with Crippen molar-refractivity contribution in [1.82, 2.24) is 9.78 Å². The highest BCUT2D eigenvalue weighted by molar-refractivity contribution is 7.61. The molecule has 202 valence electrons. The fourth-order valence-corrected chi connectivity index (χ4v) is 4.75. The van der Waals surface area contributed by atoms with Crippen molar-refractivity contribution >= 4 is 44.5 Å². The molecule has 4 aromatic carbocycles. The van der Waals surface area contributed by atoms with Crippen molar-refractivity contribution < 1.29 is 13.2 Å². The molecule has 0 atom stereocenters. The van der Waals surface area contributed by atoms with Gasteiger partial charge in [0, 0.05) is 16.9 Å². The Morgan fingerprint density at radius 2 is 1.57 bits per heavy atom. The average molecular weight is 552 g/mol. The second kappa shape index (κ2) is 10.8. The van der Waals surface area contributed by atoms with Crippen LogP contribution in [0.4, 0.5) is 22.0 Å². The number of aryl methyl sites for hydroxylation is 1. The standard InChI is InChI=1S/C31H29N5O3S/c1-20-12-14-23(15-13-20)36-29(19-28(34-36)31(2,3)4)33-30(37)32-27-17-16-24(25-10-5-6-11-26(25)27)21-8-7-9-22(18-21)35-40(38)39/h5-19H,1-4H3,(H2,32,33,37). The molecule has 2 N–H and O–H groups in total. The van der Waals surface area contributed by atoms with Gasteiger partial charge >= 0.3 is 16.5 Å². The van der Waals surface area contributed by atoms with Crippen LogP contribution in [0.3, 0.4) is 0 Å². The highest BCUT2D eigenvalue weighted by Gasteiger charge is 2.22.